The number of hydrogen-bond acceptors (Lipinski definition) is 2. The van der Waals surface area contributed by atoms with Crippen molar-refractivity contribution in [3.63, 3.8) is 0 Å². The van der Waals surface area contributed by atoms with Crippen molar-refractivity contribution in [3.05, 3.63) is 29.8 Å². The molecule has 1 N–H and O–H groups in total. The lowest BCUT2D eigenvalue weighted by atomic mass is 10.1. The molecule has 0 aliphatic rings. The van der Waals surface area contributed by atoms with Crippen LogP contribution in [0.25, 0.3) is 0 Å². The summed E-state index contributed by atoms with van der Waals surface area (Å²) in [6, 6.07) is 7.22. The minimum Gasteiger partial charge on any atom is -0.508 e. The number of hydrogen-bond donors (Lipinski definition) is 1. The Bertz CT molecular complexity index is 235. The summed E-state index contributed by atoms with van der Waals surface area (Å²) in [5.74, 6) is 0.313. The van der Waals surface area contributed by atoms with Crippen LogP contribution in [-0.2, 0) is 6.42 Å². The molecule has 0 saturated carbocycles. The van der Waals surface area contributed by atoms with Gasteiger partial charge in [-0.05, 0) is 24.1 Å². The number of benzene rings is 1. The van der Waals surface area contributed by atoms with Gasteiger partial charge in [-0.3, -0.25) is 0 Å². The van der Waals surface area contributed by atoms with Crippen molar-refractivity contribution in [1.82, 2.24) is 2.95 Å². The van der Waals surface area contributed by atoms with Crippen molar-refractivity contribution < 1.29 is 5.11 Å². The third-order valence-corrected chi connectivity index (χ3v) is 2.22. The number of nitrogens with zero attached hydrogens (tertiary/aromatic N) is 1. The molecule has 0 heterocycles. The molecule has 12 heavy (non-hydrogen) atoms. The maximum atomic E-state index is 9.01. The second-order valence-corrected chi connectivity index (χ2v) is 5.11. The van der Waals surface area contributed by atoms with E-state index in [2.05, 4.69) is 32.3 Å². The SMILES string of the molecule is Oc1ccc(CCN(Br)Br)cc1. The van der Waals surface area contributed by atoms with Crippen molar-refractivity contribution in [3.8, 4) is 5.75 Å². The van der Waals surface area contributed by atoms with E-state index in [1.165, 1.54) is 5.56 Å². The fraction of sp³-hybridized carbons (Fsp3) is 0.250. The monoisotopic (exact) mass is 293 g/mol. The van der Waals surface area contributed by atoms with E-state index in [1.54, 1.807) is 15.1 Å². The first-order valence-electron chi connectivity index (χ1n) is 3.55. The Labute approximate surface area is 88.9 Å². The molecule has 0 amide bonds. The summed E-state index contributed by atoms with van der Waals surface area (Å²) in [6.45, 7) is 0.880. The van der Waals surface area contributed by atoms with Gasteiger partial charge in [0.25, 0.3) is 0 Å². The highest BCUT2D eigenvalue weighted by molar-refractivity contribution is 9.21. The smallest absolute Gasteiger partial charge is 0.115 e. The molecule has 0 saturated heterocycles. The second kappa shape index (κ2) is 4.84. The zero-order valence-corrected chi connectivity index (χ0v) is 9.55. The summed E-state index contributed by atoms with van der Waals surface area (Å²) in [5, 5.41) is 9.01. The highest BCUT2D eigenvalue weighted by Gasteiger charge is 1.96. The van der Waals surface area contributed by atoms with Gasteiger partial charge in [-0.15, -0.1) is 0 Å². The minimum atomic E-state index is 0.313. The molecular formula is C8H9Br2NO. The first-order valence-corrected chi connectivity index (χ1v) is 4.97. The zero-order valence-electron chi connectivity index (χ0n) is 6.37. The van der Waals surface area contributed by atoms with Gasteiger partial charge in [-0.1, -0.05) is 12.1 Å². The maximum Gasteiger partial charge on any atom is 0.115 e. The van der Waals surface area contributed by atoms with E-state index in [-0.39, 0.29) is 0 Å². The van der Waals surface area contributed by atoms with Gasteiger partial charge < -0.3 is 5.11 Å². The number of halogens is 2. The number of phenols is 1. The topological polar surface area (TPSA) is 23.5 Å². The molecule has 0 fully saturated rings. The van der Waals surface area contributed by atoms with Gasteiger partial charge in [0.2, 0.25) is 0 Å². The second-order valence-electron chi connectivity index (χ2n) is 2.44. The number of aromatic hydroxyl groups is 1. The predicted octanol–water partition coefficient (Wildman–Crippen LogP) is 2.86. The molecule has 0 aromatic heterocycles. The molecule has 0 aliphatic heterocycles. The average Bonchev–Trinajstić information content (AvgIpc) is 2.03. The van der Waals surface area contributed by atoms with Crippen LogP contribution in [0, 0.1) is 0 Å². The summed E-state index contributed by atoms with van der Waals surface area (Å²) in [6.07, 6.45) is 0.941. The van der Waals surface area contributed by atoms with E-state index in [1.807, 2.05) is 12.1 Å². The lowest BCUT2D eigenvalue weighted by Crippen LogP contribution is -2.01. The standard InChI is InChI=1S/C8H9Br2NO/c9-11(10)6-5-7-1-3-8(12)4-2-7/h1-4,12H,5-6H2. The van der Waals surface area contributed by atoms with E-state index in [0.29, 0.717) is 5.75 Å². The Hall–Kier alpha value is -0.0600. The molecule has 0 atom stereocenters. The third kappa shape index (κ3) is 3.56. The molecule has 1 rings (SSSR count). The summed E-state index contributed by atoms with van der Waals surface area (Å²) in [7, 11) is 0. The Balaban J connectivity index is 2.48. The van der Waals surface area contributed by atoms with Crippen LogP contribution in [0.2, 0.25) is 0 Å². The van der Waals surface area contributed by atoms with Crippen LogP contribution in [0.3, 0.4) is 0 Å². The van der Waals surface area contributed by atoms with Gasteiger partial charge >= 0.3 is 0 Å². The molecule has 4 heteroatoms. The quantitative estimate of drug-likeness (QED) is 0.867. The fourth-order valence-corrected chi connectivity index (χ4v) is 1.23. The normalized spacial score (nSPS) is 10.6. The molecule has 1 aromatic rings. The third-order valence-electron chi connectivity index (χ3n) is 1.51. The summed E-state index contributed by atoms with van der Waals surface area (Å²) in [4.78, 5) is 0. The van der Waals surface area contributed by atoms with E-state index in [0.717, 1.165) is 13.0 Å². The molecule has 0 spiro atoms. The Kier molecular flexibility index (Phi) is 4.05. The Morgan fingerprint density at radius 1 is 1.17 bits per heavy atom. The van der Waals surface area contributed by atoms with E-state index >= 15 is 0 Å². The highest BCUT2D eigenvalue weighted by atomic mass is 79.9. The van der Waals surface area contributed by atoms with E-state index < -0.39 is 0 Å². The lowest BCUT2D eigenvalue weighted by Gasteiger charge is -2.04. The van der Waals surface area contributed by atoms with Crippen molar-refractivity contribution in [2.45, 2.75) is 6.42 Å². The summed E-state index contributed by atoms with van der Waals surface area (Å²) < 4.78 is 1.77. The number of phenolic OH excluding ortho intramolecular Hbond substituents is 1. The molecule has 66 valence electrons. The van der Waals surface area contributed by atoms with Crippen LogP contribution in [0.1, 0.15) is 5.56 Å². The van der Waals surface area contributed by atoms with Crippen molar-refractivity contribution in [1.29, 1.82) is 0 Å². The molecule has 0 bridgehead atoms. The molecule has 0 aliphatic carbocycles. The fourth-order valence-electron chi connectivity index (χ4n) is 0.876. The molecule has 1 aromatic carbocycles. The largest absolute Gasteiger partial charge is 0.508 e. The van der Waals surface area contributed by atoms with E-state index in [4.69, 9.17) is 5.11 Å². The van der Waals surface area contributed by atoms with Crippen molar-refractivity contribution >= 4 is 32.3 Å². The van der Waals surface area contributed by atoms with Gasteiger partial charge in [-0.2, -0.15) is 2.95 Å². The van der Waals surface area contributed by atoms with Crippen molar-refractivity contribution in [2.75, 3.05) is 6.54 Å². The van der Waals surface area contributed by atoms with Gasteiger partial charge in [0.1, 0.15) is 5.75 Å². The number of rotatable bonds is 3. The predicted molar refractivity (Wildman–Crippen MR) is 56.4 cm³/mol. The van der Waals surface area contributed by atoms with Crippen LogP contribution >= 0.6 is 32.3 Å². The average molecular weight is 295 g/mol. The van der Waals surface area contributed by atoms with Crippen LogP contribution < -0.4 is 0 Å². The first kappa shape index (κ1) is 10.0. The van der Waals surface area contributed by atoms with Crippen LogP contribution in [-0.4, -0.2) is 14.6 Å². The Morgan fingerprint density at radius 3 is 2.25 bits per heavy atom. The Morgan fingerprint density at radius 2 is 1.75 bits per heavy atom. The molecule has 0 radical (unpaired) electrons. The first-order chi connectivity index (χ1) is 5.68. The van der Waals surface area contributed by atoms with Gasteiger partial charge in [0.15, 0.2) is 0 Å². The zero-order chi connectivity index (χ0) is 8.97. The minimum absolute atomic E-state index is 0.313. The molecule has 2 nitrogen and oxygen atoms in total. The van der Waals surface area contributed by atoms with Gasteiger partial charge in [0, 0.05) is 38.8 Å². The molecular weight excluding hydrogens is 286 g/mol. The summed E-state index contributed by atoms with van der Waals surface area (Å²) >= 11 is 6.49. The van der Waals surface area contributed by atoms with Crippen molar-refractivity contribution in [2.24, 2.45) is 0 Å². The maximum absolute atomic E-state index is 9.01. The summed E-state index contributed by atoms with van der Waals surface area (Å²) in [5.41, 5.74) is 1.21. The highest BCUT2D eigenvalue weighted by Crippen LogP contribution is 2.12. The van der Waals surface area contributed by atoms with E-state index in [9.17, 15) is 0 Å². The van der Waals surface area contributed by atoms with Gasteiger partial charge in [-0.25, -0.2) is 0 Å². The molecule has 0 unspecified atom stereocenters. The lowest BCUT2D eigenvalue weighted by molar-refractivity contribution is 0.475. The van der Waals surface area contributed by atoms with Crippen LogP contribution in [0.15, 0.2) is 24.3 Å². The van der Waals surface area contributed by atoms with Crippen LogP contribution in [0.4, 0.5) is 0 Å². The van der Waals surface area contributed by atoms with Crippen LogP contribution in [0.5, 0.6) is 5.75 Å². The van der Waals surface area contributed by atoms with Gasteiger partial charge in [0.05, 0.1) is 0 Å².